The number of carbonyl (C=O) groups excluding carboxylic acids is 1. The molecule has 0 bridgehead atoms. The van der Waals surface area contributed by atoms with E-state index in [1.165, 1.54) is 11.8 Å². The summed E-state index contributed by atoms with van der Waals surface area (Å²) >= 11 is 7.61. The SMILES string of the molecule is CC[C@H](C(=O)Nc1cc(Cl)ccc1OC)n1nc(C)c2sc3ccccc3c2c1=O. The number of hydrogen-bond donors (Lipinski definition) is 1. The molecule has 2 heterocycles. The zero-order valence-electron chi connectivity index (χ0n) is 16.7. The fourth-order valence-electron chi connectivity index (χ4n) is 3.55. The Labute approximate surface area is 182 Å². The van der Waals surface area contributed by atoms with Crippen LogP contribution in [0, 0.1) is 6.92 Å². The van der Waals surface area contributed by atoms with E-state index in [-0.39, 0.29) is 11.5 Å². The van der Waals surface area contributed by atoms with Gasteiger partial charge in [0.1, 0.15) is 11.8 Å². The standard InChI is InChI=1S/C22H20ClN3O3S/c1-4-16(21(27)24-15-11-13(23)9-10-17(15)29-3)26-22(28)19-14-7-5-6-8-18(14)30-20(19)12(2)25-26/h5-11,16H,4H2,1-3H3,(H,24,27)/t16-/m1/s1. The van der Waals surface area contributed by atoms with E-state index in [9.17, 15) is 9.59 Å². The van der Waals surface area contributed by atoms with E-state index >= 15 is 0 Å². The molecule has 0 spiro atoms. The topological polar surface area (TPSA) is 73.2 Å². The predicted molar refractivity (Wildman–Crippen MR) is 122 cm³/mol. The summed E-state index contributed by atoms with van der Waals surface area (Å²) in [7, 11) is 1.52. The first-order chi connectivity index (χ1) is 14.4. The maximum Gasteiger partial charge on any atom is 0.276 e. The van der Waals surface area contributed by atoms with Crippen molar-refractivity contribution in [3.8, 4) is 5.75 Å². The Morgan fingerprint density at radius 1 is 1.30 bits per heavy atom. The number of carbonyl (C=O) groups is 1. The summed E-state index contributed by atoms with van der Waals surface area (Å²) in [5.41, 5.74) is 0.894. The Balaban J connectivity index is 1.81. The number of hydrogen-bond acceptors (Lipinski definition) is 5. The third-order valence-electron chi connectivity index (χ3n) is 5.01. The second-order valence-corrected chi connectivity index (χ2v) is 8.38. The summed E-state index contributed by atoms with van der Waals surface area (Å²) in [6, 6.07) is 12.0. The van der Waals surface area contributed by atoms with Gasteiger partial charge in [-0.05, 0) is 37.6 Å². The molecule has 4 rings (SSSR count). The molecule has 0 saturated carbocycles. The maximum absolute atomic E-state index is 13.4. The highest BCUT2D eigenvalue weighted by Crippen LogP contribution is 2.33. The number of halogens is 1. The Morgan fingerprint density at radius 2 is 2.07 bits per heavy atom. The molecule has 0 aliphatic rings. The minimum absolute atomic E-state index is 0.270. The molecule has 0 radical (unpaired) electrons. The van der Waals surface area contributed by atoms with Crippen LogP contribution in [0.15, 0.2) is 47.3 Å². The molecule has 30 heavy (non-hydrogen) atoms. The smallest absolute Gasteiger partial charge is 0.276 e. The lowest BCUT2D eigenvalue weighted by Gasteiger charge is -2.18. The minimum Gasteiger partial charge on any atom is -0.495 e. The number of methoxy groups -OCH3 is 1. The van der Waals surface area contributed by atoms with Crippen molar-refractivity contribution >= 4 is 54.7 Å². The van der Waals surface area contributed by atoms with Crippen molar-refractivity contribution in [2.45, 2.75) is 26.3 Å². The first-order valence-electron chi connectivity index (χ1n) is 9.49. The number of nitrogens with one attached hydrogen (secondary N) is 1. The average Bonchev–Trinajstić information content (AvgIpc) is 3.13. The number of aryl methyl sites for hydroxylation is 1. The van der Waals surface area contributed by atoms with Crippen molar-refractivity contribution in [1.82, 2.24) is 9.78 Å². The van der Waals surface area contributed by atoms with Gasteiger partial charge in [0.2, 0.25) is 5.91 Å². The zero-order chi connectivity index (χ0) is 21.4. The van der Waals surface area contributed by atoms with Crippen LogP contribution in [-0.2, 0) is 4.79 Å². The predicted octanol–water partition coefficient (Wildman–Crippen LogP) is 5.17. The van der Waals surface area contributed by atoms with Crippen molar-refractivity contribution in [3.63, 3.8) is 0 Å². The molecule has 0 saturated heterocycles. The second-order valence-electron chi connectivity index (χ2n) is 6.90. The molecular weight excluding hydrogens is 422 g/mol. The number of rotatable bonds is 5. The van der Waals surface area contributed by atoms with E-state index in [4.69, 9.17) is 16.3 Å². The Hall–Kier alpha value is -2.90. The van der Waals surface area contributed by atoms with Gasteiger partial charge in [-0.25, -0.2) is 4.68 Å². The van der Waals surface area contributed by atoms with Gasteiger partial charge in [0.15, 0.2) is 0 Å². The van der Waals surface area contributed by atoms with Gasteiger partial charge in [-0.3, -0.25) is 9.59 Å². The lowest BCUT2D eigenvalue weighted by Crippen LogP contribution is -2.35. The highest BCUT2D eigenvalue weighted by atomic mass is 35.5. The van der Waals surface area contributed by atoms with Crippen LogP contribution in [0.1, 0.15) is 25.1 Å². The highest BCUT2D eigenvalue weighted by molar-refractivity contribution is 7.26. The number of amides is 1. The van der Waals surface area contributed by atoms with Crippen LogP contribution >= 0.6 is 22.9 Å². The summed E-state index contributed by atoms with van der Waals surface area (Å²) in [6.45, 7) is 3.71. The monoisotopic (exact) mass is 441 g/mol. The minimum atomic E-state index is -0.775. The molecular formula is C22H20ClN3O3S. The molecule has 0 aliphatic heterocycles. The van der Waals surface area contributed by atoms with E-state index in [2.05, 4.69) is 10.4 Å². The fraction of sp³-hybridized carbons (Fsp3) is 0.227. The number of fused-ring (bicyclic) bond motifs is 3. The van der Waals surface area contributed by atoms with Crippen molar-refractivity contribution in [2.24, 2.45) is 0 Å². The second kappa shape index (κ2) is 8.08. The Bertz CT molecular complexity index is 1330. The average molecular weight is 442 g/mol. The quantitative estimate of drug-likeness (QED) is 0.463. The van der Waals surface area contributed by atoms with Gasteiger partial charge in [0.05, 0.1) is 28.6 Å². The van der Waals surface area contributed by atoms with Gasteiger partial charge in [0.25, 0.3) is 5.56 Å². The maximum atomic E-state index is 13.4. The third kappa shape index (κ3) is 3.44. The van der Waals surface area contributed by atoms with E-state index in [0.29, 0.717) is 28.3 Å². The molecule has 2 aromatic carbocycles. The summed E-state index contributed by atoms with van der Waals surface area (Å²) in [4.78, 5) is 26.5. The zero-order valence-corrected chi connectivity index (χ0v) is 18.3. The number of aromatic nitrogens is 2. The van der Waals surface area contributed by atoms with Gasteiger partial charge >= 0.3 is 0 Å². The van der Waals surface area contributed by atoms with Crippen LogP contribution in [0.25, 0.3) is 20.2 Å². The number of anilines is 1. The summed E-state index contributed by atoms with van der Waals surface area (Å²) < 4.78 is 8.47. The number of benzene rings is 2. The summed E-state index contributed by atoms with van der Waals surface area (Å²) in [5.74, 6) is 0.129. The Kier molecular flexibility index (Phi) is 5.49. The van der Waals surface area contributed by atoms with Crippen LogP contribution < -0.4 is 15.6 Å². The molecule has 2 aromatic heterocycles. The largest absolute Gasteiger partial charge is 0.495 e. The molecule has 0 unspecified atom stereocenters. The van der Waals surface area contributed by atoms with Gasteiger partial charge in [-0.15, -0.1) is 11.3 Å². The number of thiophene rings is 1. The van der Waals surface area contributed by atoms with Crippen molar-refractivity contribution in [2.75, 3.05) is 12.4 Å². The molecule has 1 N–H and O–H groups in total. The van der Waals surface area contributed by atoms with Crippen LogP contribution in [0.2, 0.25) is 5.02 Å². The molecule has 1 amide bonds. The van der Waals surface area contributed by atoms with Crippen molar-refractivity contribution < 1.29 is 9.53 Å². The van der Waals surface area contributed by atoms with Crippen LogP contribution in [0.3, 0.4) is 0 Å². The molecule has 154 valence electrons. The van der Waals surface area contributed by atoms with E-state index in [1.807, 2.05) is 38.1 Å². The fourth-order valence-corrected chi connectivity index (χ4v) is 4.86. The van der Waals surface area contributed by atoms with Gasteiger partial charge in [0, 0.05) is 15.1 Å². The van der Waals surface area contributed by atoms with Gasteiger partial charge in [-0.1, -0.05) is 36.7 Å². The van der Waals surface area contributed by atoms with E-state index in [0.717, 1.165) is 20.5 Å². The molecule has 6 nitrogen and oxygen atoms in total. The van der Waals surface area contributed by atoms with E-state index < -0.39 is 6.04 Å². The Morgan fingerprint density at radius 3 is 2.80 bits per heavy atom. The first kappa shape index (κ1) is 20.4. The number of ether oxygens (including phenoxy) is 1. The van der Waals surface area contributed by atoms with Crippen molar-refractivity contribution in [1.29, 1.82) is 0 Å². The van der Waals surface area contributed by atoms with Gasteiger partial charge in [-0.2, -0.15) is 5.10 Å². The molecule has 4 aromatic rings. The summed E-state index contributed by atoms with van der Waals surface area (Å²) in [5, 5.41) is 9.28. The summed E-state index contributed by atoms with van der Waals surface area (Å²) in [6.07, 6.45) is 0.397. The number of nitrogens with zero attached hydrogens (tertiary/aromatic N) is 2. The lowest BCUT2D eigenvalue weighted by atomic mass is 10.1. The van der Waals surface area contributed by atoms with Crippen LogP contribution in [0.4, 0.5) is 5.69 Å². The van der Waals surface area contributed by atoms with Crippen LogP contribution in [-0.4, -0.2) is 22.8 Å². The molecule has 0 aliphatic carbocycles. The molecule has 1 atom stereocenters. The van der Waals surface area contributed by atoms with Crippen molar-refractivity contribution in [3.05, 3.63) is 63.5 Å². The van der Waals surface area contributed by atoms with E-state index in [1.54, 1.807) is 29.5 Å². The highest BCUT2D eigenvalue weighted by Gasteiger charge is 2.25. The third-order valence-corrected chi connectivity index (χ3v) is 6.52. The molecule has 8 heteroatoms. The van der Waals surface area contributed by atoms with Gasteiger partial charge < -0.3 is 10.1 Å². The molecule has 0 fully saturated rings. The van der Waals surface area contributed by atoms with Crippen LogP contribution in [0.5, 0.6) is 5.75 Å². The first-order valence-corrected chi connectivity index (χ1v) is 10.7. The lowest BCUT2D eigenvalue weighted by molar-refractivity contribution is -0.119. The normalized spacial score (nSPS) is 12.3.